The van der Waals surface area contributed by atoms with Crippen molar-refractivity contribution in [3.63, 3.8) is 0 Å². The largest absolute Gasteiger partial charge is 0.334 e. The molecule has 0 saturated heterocycles. The van der Waals surface area contributed by atoms with E-state index in [1.165, 1.54) is 35.7 Å². The number of Topliss-reactive ketones (excluding diaryl/α,β-unsaturated/α-hetero) is 1. The summed E-state index contributed by atoms with van der Waals surface area (Å²) in [6.07, 6.45) is 1.63. The van der Waals surface area contributed by atoms with Gasteiger partial charge < -0.3 is 15.6 Å². The van der Waals surface area contributed by atoms with Crippen molar-refractivity contribution in [2.45, 2.75) is 39.9 Å². The molecule has 0 atom stereocenters. The fraction of sp³-hybridized carbons (Fsp3) is 0.250. The first kappa shape index (κ1) is 32.9. The number of aromatic nitrogens is 1. The number of benzene rings is 3. The van der Waals surface area contributed by atoms with Crippen molar-refractivity contribution < 1.29 is 18.4 Å². The maximum absolute atomic E-state index is 14.9. The number of thiophene rings is 1. The second-order valence-corrected chi connectivity index (χ2v) is 12.6. The predicted molar refractivity (Wildman–Crippen MR) is 180 cm³/mol. The molecule has 46 heavy (non-hydrogen) atoms. The molecule has 0 fully saturated rings. The standard InChI is InChI=1S/C36H36F2N4O3S/c1-22(2)33(44)28-21-42(20-26-29(37)10-7-11-30(26)38)36-32(34(28)45)27(19-41(3)18-23-8-5-4-6-9-23)35(46-36)24-12-14-25(15-13-24)40-31(43)16-17-39/h4-15,21-22H,16-20,39H2,1-3H3,(H,40,43). The predicted octanol–water partition coefficient (Wildman–Crippen LogP) is 6.81. The Labute approximate surface area is 270 Å². The highest BCUT2D eigenvalue weighted by atomic mass is 32.1. The summed E-state index contributed by atoms with van der Waals surface area (Å²) in [6.45, 7) is 4.42. The summed E-state index contributed by atoms with van der Waals surface area (Å²) >= 11 is 1.33. The molecule has 0 bridgehead atoms. The van der Waals surface area contributed by atoms with Gasteiger partial charge in [0.2, 0.25) is 11.3 Å². The zero-order chi connectivity index (χ0) is 33.0. The Bertz CT molecular complexity index is 1920. The van der Waals surface area contributed by atoms with Crippen molar-refractivity contribution in [2.75, 3.05) is 18.9 Å². The van der Waals surface area contributed by atoms with E-state index in [2.05, 4.69) is 10.2 Å². The molecule has 0 unspecified atom stereocenters. The average Bonchev–Trinajstić information content (AvgIpc) is 3.40. The highest BCUT2D eigenvalue weighted by molar-refractivity contribution is 7.22. The molecule has 3 N–H and O–H groups in total. The molecule has 0 aliphatic carbocycles. The zero-order valence-electron chi connectivity index (χ0n) is 26.0. The molecule has 3 aromatic carbocycles. The molecule has 1 amide bonds. The summed E-state index contributed by atoms with van der Waals surface area (Å²) in [6, 6.07) is 20.9. The number of hydrogen-bond donors (Lipinski definition) is 2. The van der Waals surface area contributed by atoms with Gasteiger partial charge in [0.25, 0.3) is 0 Å². The van der Waals surface area contributed by atoms with Crippen LogP contribution in [0, 0.1) is 17.6 Å². The number of hydrogen-bond acceptors (Lipinski definition) is 6. The lowest BCUT2D eigenvalue weighted by Crippen LogP contribution is -2.24. The lowest BCUT2D eigenvalue weighted by atomic mass is 9.99. The normalized spacial score (nSPS) is 11.5. The first-order valence-corrected chi connectivity index (χ1v) is 15.9. The van der Waals surface area contributed by atoms with E-state index in [0.717, 1.165) is 16.0 Å². The lowest BCUT2D eigenvalue weighted by Gasteiger charge is -2.18. The van der Waals surface area contributed by atoms with Crippen LogP contribution in [-0.2, 0) is 24.4 Å². The number of ketones is 1. The maximum atomic E-state index is 14.9. The van der Waals surface area contributed by atoms with Crippen LogP contribution < -0.4 is 16.5 Å². The van der Waals surface area contributed by atoms with Crippen LogP contribution in [0.1, 0.15) is 47.3 Å². The molecule has 0 saturated carbocycles. The summed E-state index contributed by atoms with van der Waals surface area (Å²) in [5.74, 6) is -2.43. The second kappa shape index (κ2) is 14.3. The summed E-state index contributed by atoms with van der Waals surface area (Å²) in [7, 11) is 1.95. The van der Waals surface area contributed by atoms with Crippen LogP contribution in [0.15, 0.2) is 83.8 Å². The first-order chi connectivity index (χ1) is 22.1. The van der Waals surface area contributed by atoms with Gasteiger partial charge in [0.15, 0.2) is 5.78 Å². The minimum absolute atomic E-state index is 0.0199. The number of pyridine rings is 1. The van der Waals surface area contributed by atoms with Gasteiger partial charge in [-0.2, -0.15) is 0 Å². The van der Waals surface area contributed by atoms with Crippen LogP contribution in [0.5, 0.6) is 0 Å². The van der Waals surface area contributed by atoms with Gasteiger partial charge in [-0.25, -0.2) is 8.78 Å². The molecule has 238 valence electrons. The van der Waals surface area contributed by atoms with Gasteiger partial charge in [-0.15, -0.1) is 11.3 Å². The topological polar surface area (TPSA) is 97.4 Å². The molecule has 0 spiro atoms. The van der Waals surface area contributed by atoms with Crippen molar-refractivity contribution in [2.24, 2.45) is 11.7 Å². The molecule has 10 heteroatoms. The molecule has 2 aromatic heterocycles. The highest BCUT2D eigenvalue weighted by Crippen LogP contribution is 2.39. The van der Waals surface area contributed by atoms with Crippen molar-refractivity contribution in [1.29, 1.82) is 0 Å². The number of carbonyl (C=O) groups excluding carboxylic acids is 2. The minimum Gasteiger partial charge on any atom is -0.334 e. The van der Waals surface area contributed by atoms with E-state index in [1.54, 1.807) is 30.5 Å². The Balaban J connectivity index is 1.71. The third kappa shape index (κ3) is 7.14. The molecule has 5 aromatic rings. The fourth-order valence-electron chi connectivity index (χ4n) is 5.42. The van der Waals surface area contributed by atoms with E-state index in [1.807, 2.05) is 49.5 Å². The van der Waals surface area contributed by atoms with Crippen LogP contribution in [0.3, 0.4) is 0 Å². The summed E-state index contributed by atoms with van der Waals surface area (Å²) in [5, 5.41) is 3.17. The third-order valence-corrected chi connectivity index (χ3v) is 9.03. The van der Waals surface area contributed by atoms with Gasteiger partial charge in [0, 0.05) is 54.3 Å². The van der Waals surface area contributed by atoms with Gasteiger partial charge >= 0.3 is 0 Å². The van der Waals surface area contributed by atoms with Crippen LogP contribution in [0.2, 0.25) is 0 Å². The van der Waals surface area contributed by atoms with Gasteiger partial charge in [0.1, 0.15) is 16.5 Å². The quantitative estimate of drug-likeness (QED) is 0.146. The SMILES string of the molecule is CC(C)C(=O)c1cn(Cc2c(F)cccc2F)c2sc(-c3ccc(NC(=O)CCN)cc3)c(CN(C)Cc3ccccc3)c2c1=O. The molecule has 7 nitrogen and oxygen atoms in total. The molecule has 0 aliphatic heterocycles. The van der Waals surface area contributed by atoms with Crippen molar-refractivity contribution in [1.82, 2.24) is 9.47 Å². The van der Waals surface area contributed by atoms with Gasteiger partial charge in [-0.1, -0.05) is 62.4 Å². The number of fused-ring (bicyclic) bond motifs is 1. The van der Waals surface area contributed by atoms with Crippen molar-refractivity contribution >= 4 is 38.9 Å². The highest BCUT2D eigenvalue weighted by Gasteiger charge is 2.26. The number of halogens is 2. The van der Waals surface area contributed by atoms with E-state index in [0.29, 0.717) is 34.6 Å². The molecule has 5 rings (SSSR count). The number of nitrogens with zero attached hydrogens (tertiary/aromatic N) is 2. The van der Waals surface area contributed by atoms with E-state index in [4.69, 9.17) is 5.73 Å². The number of anilines is 1. The summed E-state index contributed by atoms with van der Waals surface area (Å²) in [4.78, 5) is 43.0. The van der Waals surface area contributed by atoms with Crippen molar-refractivity contribution in [3.8, 4) is 10.4 Å². The Morgan fingerprint density at radius 1 is 0.935 bits per heavy atom. The Morgan fingerprint density at radius 2 is 1.61 bits per heavy atom. The maximum Gasteiger partial charge on any atom is 0.225 e. The molecule has 0 aliphatic rings. The van der Waals surface area contributed by atoms with Crippen LogP contribution in [-0.4, -0.2) is 34.7 Å². The number of carbonyl (C=O) groups is 2. The van der Waals surface area contributed by atoms with Gasteiger partial charge in [-0.3, -0.25) is 19.3 Å². The average molecular weight is 643 g/mol. The monoisotopic (exact) mass is 642 g/mol. The number of nitrogens with two attached hydrogens (primary N) is 1. The molecular formula is C36H36F2N4O3S. The summed E-state index contributed by atoms with van der Waals surface area (Å²) < 4.78 is 31.4. The number of nitrogens with one attached hydrogen (secondary N) is 1. The van der Waals surface area contributed by atoms with Gasteiger partial charge in [-0.05, 0) is 48.0 Å². The zero-order valence-corrected chi connectivity index (χ0v) is 26.8. The van der Waals surface area contributed by atoms with E-state index < -0.39 is 23.0 Å². The van der Waals surface area contributed by atoms with Crippen LogP contribution in [0.4, 0.5) is 14.5 Å². The van der Waals surface area contributed by atoms with Gasteiger partial charge in [0.05, 0.1) is 17.5 Å². The van der Waals surface area contributed by atoms with E-state index >= 15 is 0 Å². The lowest BCUT2D eigenvalue weighted by molar-refractivity contribution is -0.116. The van der Waals surface area contributed by atoms with E-state index in [-0.39, 0.29) is 42.3 Å². The second-order valence-electron chi connectivity index (χ2n) is 11.6. The molecule has 2 heterocycles. The smallest absolute Gasteiger partial charge is 0.225 e. The minimum atomic E-state index is -0.713. The van der Waals surface area contributed by atoms with Crippen molar-refractivity contribution in [3.05, 3.63) is 123 Å². The Morgan fingerprint density at radius 3 is 2.24 bits per heavy atom. The van der Waals surface area contributed by atoms with E-state index in [9.17, 15) is 23.2 Å². The number of amides is 1. The van der Waals surface area contributed by atoms with Crippen LogP contribution in [0.25, 0.3) is 20.7 Å². The fourth-order valence-corrected chi connectivity index (χ4v) is 6.71. The Hall–Kier alpha value is -4.51. The third-order valence-electron chi connectivity index (χ3n) is 7.71. The molecule has 0 radical (unpaired) electrons. The Kier molecular flexibility index (Phi) is 10.2. The van der Waals surface area contributed by atoms with Crippen LogP contribution >= 0.6 is 11.3 Å². The summed E-state index contributed by atoms with van der Waals surface area (Å²) in [5.41, 5.74) is 8.11. The molecular weight excluding hydrogens is 606 g/mol. The first-order valence-electron chi connectivity index (χ1n) is 15.1. The number of rotatable bonds is 12.